The third kappa shape index (κ3) is 4.23. The summed E-state index contributed by atoms with van der Waals surface area (Å²) in [7, 11) is -2.31. The van der Waals surface area contributed by atoms with E-state index in [0.29, 0.717) is 6.42 Å². The summed E-state index contributed by atoms with van der Waals surface area (Å²) in [6, 6.07) is 7.89. The van der Waals surface area contributed by atoms with Crippen LogP contribution in [0.25, 0.3) is 11.0 Å². The van der Waals surface area contributed by atoms with Gasteiger partial charge in [0.05, 0.1) is 27.7 Å². The predicted octanol–water partition coefficient (Wildman–Crippen LogP) is 3.09. The van der Waals surface area contributed by atoms with Gasteiger partial charge in [-0.2, -0.15) is 4.31 Å². The molecule has 2 heterocycles. The van der Waals surface area contributed by atoms with Gasteiger partial charge in [-0.15, -0.1) is 0 Å². The van der Waals surface area contributed by atoms with Crippen LogP contribution in [0.2, 0.25) is 0 Å². The number of nitrogens with zero attached hydrogens (tertiary/aromatic N) is 3. The number of benzene rings is 1. The van der Waals surface area contributed by atoms with Crippen LogP contribution in [0.1, 0.15) is 37.9 Å². The molecule has 1 atom stereocenters. The second-order valence-corrected chi connectivity index (χ2v) is 9.61. The summed E-state index contributed by atoms with van der Waals surface area (Å²) in [5.41, 5.74) is 3.54. The Labute approximate surface area is 171 Å². The van der Waals surface area contributed by atoms with Gasteiger partial charge in [-0.1, -0.05) is 26.0 Å². The molecule has 8 heteroatoms. The Balaban J connectivity index is 1.86. The second-order valence-electron chi connectivity index (χ2n) is 7.62. The molecule has 1 unspecified atom stereocenters. The van der Waals surface area contributed by atoms with Crippen molar-refractivity contribution in [1.29, 1.82) is 0 Å². The number of ketones is 1. The van der Waals surface area contributed by atoms with Gasteiger partial charge in [0.2, 0.25) is 10.0 Å². The van der Waals surface area contributed by atoms with Crippen molar-refractivity contribution >= 4 is 26.8 Å². The van der Waals surface area contributed by atoms with Crippen LogP contribution in [0.3, 0.4) is 0 Å². The average Bonchev–Trinajstić information content (AvgIpc) is 3.03. The molecule has 1 N–H and O–H groups in total. The summed E-state index contributed by atoms with van der Waals surface area (Å²) in [4.78, 5) is 24.2. The fourth-order valence-electron chi connectivity index (χ4n) is 3.68. The third-order valence-electron chi connectivity index (χ3n) is 5.01. The number of imidazole rings is 1. The quantitative estimate of drug-likeness (QED) is 0.641. The molecular weight excluding hydrogens is 388 g/mol. The van der Waals surface area contributed by atoms with Crippen molar-refractivity contribution in [2.75, 3.05) is 7.05 Å². The number of aromatic nitrogens is 3. The maximum absolute atomic E-state index is 13.0. The number of rotatable bonds is 7. The van der Waals surface area contributed by atoms with Gasteiger partial charge in [0.25, 0.3) is 0 Å². The van der Waals surface area contributed by atoms with E-state index in [1.165, 1.54) is 18.3 Å². The van der Waals surface area contributed by atoms with Crippen LogP contribution in [0.15, 0.2) is 41.4 Å². The van der Waals surface area contributed by atoms with Gasteiger partial charge in [0.15, 0.2) is 0 Å². The largest absolute Gasteiger partial charge is 0.341 e. The maximum Gasteiger partial charge on any atom is 0.243 e. The Morgan fingerprint density at radius 2 is 1.83 bits per heavy atom. The standard InChI is InChI=1S/C21H26N4O3S/c1-13(2)21(14(3)26)25(5)29(27,28)17-8-6-16(7-9-17)12-19-20-18(10-11-22-19)23-15(4)24-20/h6-11,13,21H,12H2,1-5H3,(H,23,24). The zero-order chi connectivity index (χ0) is 21.3. The number of carbonyl (C=O) groups excluding carboxylic acids is 1. The van der Waals surface area contributed by atoms with Crippen molar-refractivity contribution in [3.05, 3.63) is 53.6 Å². The van der Waals surface area contributed by atoms with Crippen molar-refractivity contribution in [1.82, 2.24) is 19.3 Å². The van der Waals surface area contributed by atoms with E-state index < -0.39 is 16.1 Å². The van der Waals surface area contributed by atoms with Gasteiger partial charge >= 0.3 is 0 Å². The molecule has 7 nitrogen and oxygen atoms in total. The molecule has 0 spiro atoms. The summed E-state index contributed by atoms with van der Waals surface area (Å²) < 4.78 is 27.1. The van der Waals surface area contributed by atoms with Crippen LogP contribution in [-0.2, 0) is 21.2 Å². The molecule has 0 radical (unpaired) electrons. The zero-order valence-corrected chi connectivity index (χ0v) is 18.1. The van der Waals surface area contributed by atoms with E-state index in [2.05, 4.69) is 15.0 Å². The van der Waals surface area contributed by atoms with E-state index in [0.717, 1.165) is 28.1 Å². The lowest BCUT2D eigenvalue weighted by Gasteiger charge is -2.28. The summed E-state index contributed by atoms with van der Waals surface area (Å²) in [6.07, 6.45) is 2.27. The molecule has 3 aromatic rings. The summed E-state index contributed by atoms with van der Waals surface area (Å²) in [5.74, 6) is 0.539. The number of hydrogen-bond donors (Lipinski definition) is 1. The fraction of sp³-hybridized carbons (Fsp3) is 0.381. The van der Waals surface area contributed by atoms with Crippen LogP contribution in [-0.4, -0.2) is 46.5 Å². The van der Waals surface area contributed by atoms with E-state index in [1.54, 1.807) is 30.5 Å². The van der Waals surface area contributed by atoms with Crippen LogP contribution in [0, 0.1) is 12.8 Å². The normalized spacial score (nSPS) is 13.3. The number of H-pyrrole nitrogens is 1. The van der Waals surface area contributed by atoms with Crippen LogP contribution in [0.5, 0.6) is 0 Å². The van der Waals surface area contributed by atoms with Gasteiger partial charge in [-0.3, -0.25) is 9.78 Å². The van der Waals surface area contributed by atoms with E-state index in [-0.39, 0.29) is 16.6 Å². The second kappa shape index (κ2) is 8.04. The number of hydrogen-bond acceptors (Lipinski definition) is 5. The van der Waals surface area contributed by atoms with Gasteiger partial charge in [-0.05, 0) is 43.5 Å². The van der Waals surface area contributed by atoms with Crippen molar-refractivity contribution in [3.63, 3.8) is 0 Å². The van der Waals surface area contributed by atoms with Crippen molar-refractivity contribution in [2.24, 2.45) is 5.92 Å². The highest BCUT2D eigenvalue weighted by atomic mass is 32.2. The highest BCUT2D eigenvalue weighted by molar-refractivity contribution is 7.89. The van der Waals surface area contributed by atoms with E-state index in [9.17, 15) is 13.2 Å². The number of pyridine rings is 1. The highest BCUT2D eigenvalue weighted by Crippen LogP contribution is 2.23. The first-order valence-electron chi connectivity index (χ1n) is 9.49. The fourth-order valence-corrected chi connectivity index (χ4v) is 5.18. The molecule has 1 aromatic carbocycles. The molecule has 0 saturated heterocycles. The molecule has 0 fully saturated rings. The van der Waals surface area contributed by atoms with E-state index in [4.69, 9.17) is 0 Å². The lowest BCUT2D eigenvalue weighted by molar-refractivity contribution is -0.121. The smallest absolute Gasteiger partial charge is 0.243 e. The van der Waals surface area contributed by atoms with Crippen LogP contribution in [0.4, 0.5) is 0 Å². The van der Waals surface area contributed by atoms with Crippen molar-refractivity contribution < 1.29 is 13.2 Å². The van der Waals surface area contributed by atoms with Gasteiger partial charge < -0.3 is 4.98 Å². The first-order chi connectivity index (χ1) is 13.6. The lowest BCUT2D eigenvalue weighted by atomic mass is 10.0. The molecule has 154 valence electrons. The molecule has 3 rings (SSSR count). The third-order valence-corrected chi connectivity index (χ3v) is 6.87. The predicted molar refractivity (Wildman–Crippen MR) is 112 cm³/mol. The Bertz CT molecular complexity index is 1130. The minimum absolute atomic E-state index is 0.115. The number of aryl methyl sites for hydroxylation is 1. The SMILES string of the molecule is CC(=O)C(C(C)C)N(C)S(=O)(=O)c1ccc(Cc2nccc3nc(C)[nH]c23)cc1. The first kappa shape index (κ1) is 21.1. The monoisotopic (exact) mass is 414 g/mol. The number of Topliss-reactive ketones (excluding diaryl/α,β-unsaturated/α-hetero) is 1. The molecule has 0 saturated carbocycles. The molecule has 0 aliphatic carbocycles. The van der Waals surface area contributed by atoms with Crippen LogP contribution >= 0.6 is 0 Å². The minimum atomic E-state index is -3.77. The number of aromatic amines is 1. The lowest BCUT2D eigenvalue weighted by Crippen LogP contribution is -2.44. The number of carbonyl (C=O) groups is 1. The summed E-state index contributed by atoms with van der Waals surface area (Å²) in [6.45, 7) is 6.99. The van der Waals surface area contributed by atoms with Crippen molar-refractivity contribution in [2.45, 2.75) is 45.1 Å². The average molecular weight is 415 g/mol. The topological polar surface area (TPSA) is 96.0 Å². The number of likely N-dealkylation sites (N-methyl/N-ethyl adjacent to an activating group) is 1. The van der Waals surface area contributed by atoms with Gasteiger partial charge in [0, 0.05) is 19.7 Å². The highest BCUT2D eigenvalue weighted by Gasteiger charge is 2.32. The first-order valence-corrected chi connectivity index (χ1v) is 10.9. The van der Waals surface area contributed by atoms with E-state index in [1.807, 2.05) is 26.8 Å². The zero-order valence-electron chi connectivity index (χ0n) is 17.3. The number of fused-ring (bicyclic) bond motifs is 1. The molecular formula is C21H26N4O3S. The minimum Gasteiger partial charge on any atom is -0.341 e. The molecule has 2 aromatic heterocycles. The molecule has 0 aliphatic rings. The summed E-state index contributed by atoms with van der Waals surface area (Å²) in [5, 5.41) is 0. The van der Waals surface area contributed by atoms with Gasteiger partial charge in [0.1, 0.15) is 11.6 Å². The van der Waals surface area contributed by atoms with Gasteiger partial charge in [-0.25, -0.2) is 13.4 Å². The Morgan fingerprint density at radius 1 is 1.17 bits per heavy atom. The summed E-state index contributed by atoms with van der Waals surface area (Å²) >= 11 is 0. The molecule has 0 aliphatic heterocycles. The Morgan fingerprint density at radius 3 is 2.41 bits per heavy atom. The Kier molecular flexibility index (Phi) is 5.86. The molecule has 29 heavy (non-hydrogen) atoms. The molecule has 0 amide bonds. The Hall–Kier alpha value is -2.58. The van der Waals surface area contributed by atoms with E-state index >= 15 is 0 Å². The van der Waals surface area contributed by atoms with Crippen molar-refractivity contribution in [3.8, 4) is 0 Å². The number of sulfonamides is 1. The van der Waals surface area contributed by atoms with Crippen LogP contribution < -0.4 is 0 Å². The number of nitrogens with one attached hydrogen (secondary N) is 1. The maximum atomic E-state index is 13.0. The molecule has 0 bridgehead atoms.